The third-order valence-electron chi connectivity index (χ3n) is 5.58. The first kappa shape index (κ1) is 16.4. The Labute approximate surface area is 161 Å². The Hall–Kier alpha value is -2.73. The summed E-state index contributed by atoms with van der Waals surface area (Å²) in [5.74, 6) is 1.37. The Morgan fingerprint density at radius 2 is 2.07 bits per heavy atom. The summed E-state index contributed by atoms with van der Waals surface area (Å²) in [5, 5.41) is 16.1. The molecular formula is C20H18ClN5O. The lowest BCUT2D eigenvalue weighted by molar-refractivity contribution is -0.121. The summed E-state index contributed by atoms with van der Waals surface area (Å²) in [6, 6.07) is 11.9. The topological polar surface area (TPSA) is 74.8 Å². The number of aryl methyl sites for hydroxylation is 1. The first-order chi connectivity index (χ1) is 13.1. The number of anilines is 1. The molecule has 1 aliphatic carbocycles. The van der Waals surface area contributed by atoms with Crippen LogP contribution in [0.5, 0.6) is 0 Å². The number of aromatic amines is 1. The summed E-state index contributed by atoms with van der Waals surface area (Å²) < 4.78 is 0. The van der Waals surface area contributed by atoms with Crippen molar-refractivity contribution < 1.29 is 4.79 Å². The number of hydrogen-bond acceptors (Lipinski definition) is 4. The van der Waals surface area contributed by atoms with Crippen molar-refractivity contribution in [2.24, 2.45) is 11.8 Å². The summed E-state index contributed by atoms with van der Waals surface area (Å²) in [6.45, 7) is 1.90. The first-order valence-electron chi connectivity index (χ1n) is 9.03. The Bertz CT molecular complexity index is 1020. The van der Waals surface area contributed by atoms with Gasteiger partial charge >= 0.3 is 0 Å². The fraction of sp³-hybridized carbons (Fsp3) is 0.300. The number of aromatic nitrogens is 4. The van der Waals surface area contributed by atoms with Gasteiger partial charge in [0.05, 0.1) is 17.6 Å². The number of fused-ring (bicyclic) bond motifs is 1. The monoisotopic (exact) mass is 379 g/mol. The molecule has 1 aromatic carbocycles. The van der Waals surface area contributed by atoms with Crippen LogP contribution in [0.3, 0.4) is 0 Å². The van der Waals surface area contributed by atoms with Crippen molar-refractivity contribution >= 4 is 23.3 Å². The maximum Gasteiger partial charge on any atom is 0.232 e. The molecule has 1 N–H and O–H groups in total. The normalized spacial score (nSPS) is 23.6. The molecule has 136 valence electrons. The van der Waals surface area contributed by atoms with Crippen LogP contribution in [-0.4, -0.2) is 32.3 Å². The van der Waals surface area contributed by atoms with Gasteiger partial charge in [-0.15, -0.1) is 0 Å². The number of carbonyl (C=O) groups is 1. The molecule has 5 rings (SSSR count). The molecule has 6 nitrogen and oxygen atoms in total. The van der Waals surface area contributed by atoms with E-state index in [0.717, 1.165) is 41.2 Å². The molecule has 1 amide bonds. The van der Waals surface area contributed by atoms with Crippen molar-refractivity contribution in [3.8, 4) is 11.3 Å². The van der Waals surface area contributed by atoms with E-state index in [2.05, 4.69) is 20.4 Å². The van der Waals surface area contributed by atoms with Crippen LogP contribution in [0.25, 0.3) is 11.3 Å². The molecule has 0 spiro atoms. The summed E-state index contributed by atoms with van der Waals surface area (Å²) in [6.07, 6.45) is 3.45. The van der Waals surface area contributed by atoms with E-state index in [1.54, 1.807) is 6.20 Å². The number of halogens is 1. The van der Waals surface area contributed by atoms with Crippen molar-refractivity contribution in [3.05, 3.63) is 58.9 Å². The molecule has 3 atom stereocenters. The molecule has 27 heavy (non-hydrogen) atoms. The largest absolute Gasteiger partial charge is 0.293 e. The van der Waals surface area contributed by atoms with E-state index in [4.69, 9.17) is 11.6 Å². The summed E-state index contributed by atoms with van der Waals surface area (Å²) >= 11 is 5.97. The zero-order chi connectivity index (χ0) is 18.5. The number of benzene rings is 1. The average Bonchev–Trinajstić information content (AvgIpc) is 3.18. The molecule has 1 saturated heterocycles. The minimum absolute atomic E-state index is 0.0206. The Kier molecular flexibility index (Phi) is 3.75. The summed E-state index contributed by atoms with van der Waals surface area (Å²) in [5.41, 5.74) is 3.66. The highest BCUT2D eigenvalue weighted by Crippen LogP contribution is 2.51. The second-order valence-electron chi connectivity index (χ2n) is 7.28. The average molecular weight is 380 g/mol. The van der Waals surface area contributed by atoms with Gasteiger partial charge in [0.25, 0.3) is 0 Å². The van der Waals surface area contributed by atoms with Crippen LogP contribution in [0.2, 0.25) is 5.02 Å². The van der Waals surface area contributed by atoms with Gasteiger partial charge < -0.3 is 0 Å². The van der Waals surface area contributed by atoms with Crippen LogP contribution in [-0.2, 0) is 11.2 Å². The number of nitrogens with zero attached hydrogens (tertiary/aromatic N) is 4. The standard InChI is InChI=1S/C20H18ClN5O/c1-11-14(6-7-22-23-11)17-10-19(25-24-17)26-18-9-15(18)16(20(26)27)8-12-2-4-13(21)5-3-12/h2-7,10,15-16,18H,8-9H2,1H3,(H,24,25). The lowest BCUT2D eigenvalue weighted by Gasteiger charge is -2.19. The van der Waals surface area contributed by atoms with E-state index < -0.39 is 0 Å². The van der Waals surface area contributed by atoms with E-state index in [1.165, 1.54) is 0 Å². The van der Waals surface area contributed by atoms with Crippen LogP contribution in [0, 0.1) is 18.8 Å². The van der Waals surface area contributed by atoms with E-state index in [1.807, 2.05) is 48.2 Å². The number of nitrogens with one attached hydrogen (secondary N) is 1. The molecule has 2 fully saturated rings. The van der Waals surface area contributed by atoms with Gasteiger partial charge in [-0.05, 0) is 49.4 Å². The van der Waals surface area contributed by atoms with E-state index in [-0.39, 0.29) is 17.9 Å². The number of H-pyrrole nitrogens is 1. The lowest BCUT2D eigenvalue weighted by Crippen LogP contribution is -2.32. The van der Waals surface area contributed by atoms with Crippen LogP contribution >= 0.6 is 11.6 Å². The highest BCUT2D eigenvalue weighted by atomic mass is 35.5. The van der Waals surface area contributed by atoms with Gasteiger partial charge in [0.15, 0.2) is 0 Å². The van der Waals surface area contributed by atoms with Crippen molar-refractivity contribution in [1.29, 1.82) is 0 Å². The molecule has 0 radical (unpaired) electrons. The van der Waals surface area contributed by atoms with Crippen LogP contribution < -0.4 is 4.90 Å². The minimum atomic E-state index is 0.0206. The van der Waals surface area contributed by atoms with Crippen LogP contribution in [0.4, 0.5) is 5.82 Å². The number of carbonyl (C=O) groups excluding carboxylic acids is 1. The Morgan fingerprint density at radius 3 is 2.85 bits per heavy atom. The maximum absolute atomic E-state index is 13.1. The quantitative estimate of drug-likeness (QED) is 0.753. The van der Waals surface area contributed by atoms with Gasteiger partial charge in [0.2, 0.25) is 5.91 Å². The van der Waals surface area contributed by atoms with Gasteiger partial charge in [-0.3, -0.25) is 14.8 Å². The predicted octanol–water partition coefficient (Wildman–Crippen LogP) is 3.42. The third kappa shape index (κ3) is 2.80. The molecule has 3 unspecified atom stereocenters. The highest BCUT2D eigenvalue weighted by Gasteiger charge is 2.58. The number of piperidine rings is 1. The molecule has 0 bridgehead atoms. The van der Waals surface area contributed by atoms with Gasteiger partial charge in [-0.1, -0.05) is 23.7 Å². The van der Waals surface area contributed by atoms with Crippen molar-refractivity contribution in [3.63, 3.8) is 0 Å². The van der Waals surface area contributed by atoms with E-state index in [0.29, 0.717) is 10.9 Å². The maximum atomic E-state index is 13.1. The number of rotatable bonds is 4. The lowest BCUT2D eigenvalue weighted by atomic mass is 9.95. The molecule has 2 aromatic heterocycles. The molecule has 7 heteroatoms. The second kappa shape index (κ2) is 6.16. The first-order valence-corrected chi connectivity index (χ1v) is 9.41. The minimum Gasteiger partial charge on any atom is -0.293 e. The molecule has 1 aliphatic heterocycles. The molecule has 3 aromatic rings. The molecule has 2 aliphatic rings. The molecular weight excluding hydrogens is 362 g/mol. The smallest absolute Gasteiger partial charge is 0.232 e. The van der Waals surface area contributed by atoms with Crippen LogP contribution in [0.1, 0.15) is 17.7 Å². The summed E-state index contributed by atoms with van der Waals surface area (Å²) in [7, 11) is 0. The zero-order valence-electron chi connectivity index (χ0n) is 14.8. The number of amides is 1. The van der Waals surface area contributed by atoms with Crippen LogP contribution in [0.15, 0.2) is 42.6 Å². The van der Waals surface area contributed by atoms with E-state index >= 15 is 0 Å². The zero-order valence-corrected chi connectivity index (χ0v) is 15.5. The van der Waals surface area contributed by atoms with Crippen molar-refractivity contribution in [1.82, 2.24) is 20.4 Å². The summed E-state index contributed by atoms with van der Waals surface area (Å²) in [4.78, 5) is 15.0. The van der Waals surface area contributed by atoms with Gasteiger partial charge in [-0.25, -0.2) is 0 Å². The fourth-order valence-corrected chi connectivity index (χ4v) is 4.24. The van der Waals surface area contributed by atoms with Crippen molar-refractivity contribution in [2.75, 3.05) is 4.90 Å². The Balaban J connectivity index is 1.39. The third-order valence-corrected chi connectivity index (χ3v) is 5.83. The van der Waals surface area contributed by atoms with Gasteiger partial charge in [0.1, 0.15) is 5.82 Å². The predicted molar refractivity (Wildman–Crippen MR) is 102 cm³/mol. The van der Waals surface area contributed by atoms with Gasteiger partial charge in [-0.2, -0.15) is 15.3 Å². The van der Waals surface area contributed by atoms with Gasteiger partial charge in [0, 0.05) is 28.6 Å². The molecule has 3 heterocycles. The molecule has 1 saturated carbocycles. The fourth-order valence-electron chi connectivity index (χ4n) is 4.11. The SMILES string of the molecule is Cc1nnccc1-c1cc(N2C(=O)C(Cc3ccc(Cl)cc3)C3CC32)[nH]n1. The highest BCUT2D eigenvalue weighted by molar-refractivity contribution is 6.30. The Morgan fingerprint density at radius 1 is 1.26 bits per heavy atom. The second-order valence-corrected chi connectivity index (χ2v) is 7.72. The number of hydrogen-bond donors (Lipinski definition) is 1. The van der Waals surface area contributed by atoms with E-state index in [9.17, 15) is 4.79 Å². The van der Waals surface area contributed by atoms with Crippen molar-refractivity contribution in [2.45, 2.75) is 25.8 Å².